The molecule has 0 amide bonds. The maximum atomic E-state index is 5.69. The van der Waals surface area contributed by atoms with Crippen LogP contribution in [0.15, 0.2) is 30.5 Å². The summed E-state index contributed by atoms with van der Waals surface area (Å²) in [5.74, 6) is 0.685. The molecule has 1 aromatic heterocycles. The Bertz CT molecular complexity index is 378. The quantitative estimate of drug-likeness (QED) is 0.683. The topological polar surface area (TPSA) is 15.8 Å². The summed E-state index contributed by atoms with van der Waals surface area (Å²) in [6.07, 6.45) is 2.90. The lowest BCUT2D eigenvalue weighted by Gasteiger charge is -1.98. The first-order chi connectivity index (χ1) is 5.92. The van der Waals surface area contributed by atoms with Gasteiger partial charge in [0.05, 0.1) is 0 Å². The van der Waals surface area contributed by atoms with Gasteiger partial charge in [-0.3, -0.25) is 0 Å². The van der Waals surface area contributed by atoms with Gasteiger partial charge in [-0.1, -0.05) is 12.1 Å². The van der Waals surface area contributed by atoms with Crippen molar-refractivity contribution in [3.05, 3.63) is 36.0 Å². The van der Waals surface area contributed by atoms with Crippen molar-refractivity contribution in [3.8, 4) is 0 Å². The van der Waals surface area contributed by atoms with Gasteiger partial charge >= 0.3 is 0 Å². The van der Waals surface area contributed by atoms with Crippen LogP contribution in [0.25, 0.3) is 10.9 Å². The summed E-state index contributed by atoms with van der Waals surface area (Å²) in [5.41, 5.74) is 2.52. The molecule has 2 heteroatoms. The summed E-state index contributed by atoms with van der Waals surface area (Å²) < 4.78 is 0. The molecule has 0 spiro atoms. The van der Waals surface area contributed by atoms with Crippen LogP contribution in [0.4, 0.5) is 0 Å². The van der Waals surface area contributed by atoms with Gasteiger partial charge in [0.25, 0.3) is 0 Å². The predicted molar refractivity (Wildman–Crippen MR) is 52.7 cm³/mol. The standard InChI is InChI=1S/C10H10ClN/c11-6-4-8-2-1-3-10-9(8)5-7-12-10/h1-3,5,7,12H,4,6H2. The normalized spacial score (nSPS) is 10.8. The van der Waals surface area contributed by atoms with Crippen LogP contribution in [0.2, 0.25) is 0 Å². The third kappa shape index (κ3) is 1.21. The third-order valence-corrected chi connectivity index (χ3v) is 2.24. The number of rotatable bonds is 2. The number of alkyl halides is 1. The van der Waals surface area contributed by atoms with E-state index in [1.165, 1.54) is 16.5 Å². The molecule has 0 aliphatic heterocycles. The molecule has 1 N–H and O–H groups in total. The minimum Gasteiger partial charge on any atom is -0.361 e. The third-order valence-electron chi connectivity index (χ3n) is 2.05. The zero-order valence-electron chi connectivity index (χ0n) is 6.68. The van der Waals surface area contributed by atoms with Crippen molar-refractivity contribution < 1.29 is 0 Å². The Balaban J connectivity index is 2.57. The zero-order valence-corrected chi connectivity index (χ0v) is 7.43. The Kier molecular flexibility index (Phi) is 2.05. The molecule has 12 heavy (non-hydrogen) atoms. The second kappa shape index (κ2) is 3.20. The summed E-state index contributed by atoms with van der Waals surface area (Å²) in [5, 5.41) is 1.29. The monoisotopic (exact) mass is 179 g/mol. The van der Waals surface area contributed by atoms with Crippen molar-refractivity contribution in [1.82, 2.24) is 4.98 Å². The van der Waals surface area contributed by atoms with Crippen molar-refractivity contribution in [1.29, 1.82) is 0 Å². The molecule has 2 rings (SSSR count). The zero-order chi connectivity index (χ0) is 8.39. The minimum absolute atomic E-state index is 0.685. The fourth-order valence-corrected chi connectivity index (χ4v) is 1.67. The molecule has 2 aromatic rings. The summed E-state index contributed by atoms with van der Waals surface area (Å²) in [6, 6.07) is 8.35. The van der Waals surface area contributed by atoms with Crippen molar-refractivity contribution in [2.45, 2.75) is 6.42 Å². The summed E-state index contributed by atoms with van der Waals surface area (Å²) >= 11 is 5.69. The summed E-state index contributed by atoms with van der Waals surface area (Å²) in [7, 11) is 0. The first kappa shape index (κ1) is 7.69. The maximum absolute atomic E-state index is 5.69. The Morgan fingerprint density at radius 1 is 1.25 bits per heavy atom. The van der Waals surface area contributed by atoms with Crippen molar-refractivity contribution in [2.75, 3.05) is 5.88 Å². The molecule has 1 nitrogen and oxygen atoms in total. The van der Waals surface area contributed by atoms with Gasteiger partial charge < -0.3 is 4.98 Å². The molecule has 0 atom stereocenters. The number of hydrogen-bond acceptors (Lipinski definition) is 0. The van der Waals surface area contributed by atoms with Gasteiger partial charge in [-0.05, 0) is 24.1 Å². The lowest BCUT2D eigenvalue weighted by atomic mass is 10.1. The van der Waals surface area contributed by atoms with E-state index in [2.05, 4.69) is 29.2 Å². The van der Waals surface area contributed by atoms with Gasteiger partial charge in [0.1, 0.15) is 0 Å². The van der Waals surface area contributed by atoms with Gasteiger partial charge in [0, 0.05) is 23.0 Å². The molecular formula is C10H10ClN. The Morgan fingerprint density at radius 2 is 2.17 bits per heavy atom. The van der Waals surface area contributed by atoms with Crippen molar-refractivity contribution in [3.63, 3.8) is 0 Å². The smallest absolute Gasteiger partial charge is 0.0456 e. The summed E-state index contributed by atoms with van der Waals surface area (Å²) in [6.45, 7) is 0. The van der Waals surface area contributed by atoms with Crippen LogP contribution >= 0.6 is 11.6 Å². The average molecular weight is 180 g/mol. The molecule has 0 fully saturated rings. The van der Waals surface area contributed by atoms with E-state index in [1.54, 1.807) is 0 Å². The Hall–Kier alpha value is -0.950. The number of aromatic nitrogens is 1. The highest BCUT2D eigenvalue weighted by Gasteiger charge is 1.99. The highest BCUT2D eigenvalue weighted by atomic mass is 35.5. The average Bonchev–Trinajstić information content (AvgIpc) is 2.53. The molecule has 1 aromatic carbocycles. The van der Waals surface area contributed by atoms with Crippen LogP contribution in [-0.2, 0) is 6.42 Å². The van der Waals surface area contributed by atoms with E-state index in [-0.39, 0.29) is 0 Å². The lowest BCUT2D eigenvalue weighted by molar-refractivity contribution is 1.17. The van der Waals surface area contributed by atoms with Crippen molar-refractivity contribution in [2.24, 2.45) is 0 Å². The number of fused-ring (bicyclic) bond motifs is 1. The molecule has 0 unspecified atom stereocenters. The molecule has 0 bridgehead atoms. The molecule has 0 aliphatic carbocycles. The fourth-order valence-electron chi connectivity index (χ4n) is 1.47. The molecular weight excluding hydrogens is 170 g/mol. The summed E-state index contributed by atoms with van der Waals surface area (Å²) in [4.78, 5) is 3.18. The van der Waals surface area contributed by atoms with Crippen LogP contribution in [-0.4, -0.2) is 10.9 Å². The minimum atomic E-state index is 0.685. The van der Waals surface area contributed by atoms with E-state index >= 15 is 0 Å². The second-order valence-electron chi connectivity index (χ2n) is 2.80. The first-order valence-corrected chi connectivity index (χ1v) is 4.56. The van der Waals surface area contributed by atoms with Gasteiger partial charge in [-0.15, -0.1) is 11.6 Å². The van der Waals surface area contributed by atoms with Crippen LogP contribution in [0.1, 0.15) is 5.56 Å². The molecule has 1 heterocycles. The van der Waals surface area contributed by atoms with Crippen molar-refractivity contribution >= 4 is 22.5 Å². The largest absolute Gasteiger partial charge is 0.361 e. The number of aryl methyl sites for hydroxylation is 1. The van der Waals surface area contributed by atoms with E-state index in [0.29, 0.717) is 5.88 Å². The van der Waals surface area contributed by atoms with E-state index in [4.69, 9.17) is 11.6 Å². The number of aromatic amines is 1. The van der Waals surface area contributed by atoms with Crippen LogP contribution in [0.5, 0.6) is 0 Å². The van der Waals surface area contributed by atoms with E-state index in [0.717, 1.165) is 6.42 Å². The van der Waals surface area contributed by atoms with Gasteiger partial charge in [-0.25, -0.2) is 0 Å². The molecule has 62 valence electrons. The molecule has 0 saturated carbocycles. The number of benzene rings is 1. The van der Waals surface area contributed by atoms with Gasteiger partial charge in [0.15, 0.2) is 0 Å². The molecule has 0 aliphatic rings. The number of H-pyrrole nitrogens is 1. The lowest BCUT2D eigenvalue weighted by Crippen LogP contribution is -1.85. The number of hydrogen-bond donors (Lipinski definition) is 1. The fraction of sp³-hybridized carbons (Fsp3) is 0.200. The van der Waals surface area contributed by atoms with E-state index in [1.807, 2.05) is 6.20 Å². The van der Waals surface area contributed by atoms with Crippen LogP contribution in [0, 0.1) is 0 Å². The first-order valence-electron chi connectivity index (χ1n) is 4.03. The second-order valence-corrected chi connectivity index (χ2v) is 3.17. The highest BCUT2D eigenvalue weighted by molar-refractivity contribution is 6.18. The number of nitrogens with one attached hydrogen (secondary N) is 1. The predicted octanol–water partition coefficient (Wildman–Crippen LogP) is 2.95. The van der Waals surface area contributed by atoms with Crippen LogP contribution in [0.3, 0.4) is 0 Å². The molecule has 0 radical (unpaired) electrons. The number of halogens is 1. The highest BCUT2D eigenvalue weighted by Crippen LogP contribution is 2.17. The Morgan fingerprint density at radius 3 is 3.00 bits per heavy atom. The van der Waals surface area contributed by atoms with E-state index in [9.17, 15) is 0 Å². The van der Waals surface area contributed by atoms with Gasteiger partial charge in [-0.2, -0.15) is 0 Å². The molecule has 0 saturated heterocycles. The Labute approximate surface area is 76.4 Å². The SMILES string of the molecule is ClCCc1cccc2[nH]ccc12. The van der Waals surface area contributed by atoms with E-state index < -0.39 is 0 Å². The van der Waals surface area contributed by atoms with Crippen LogP contribution < -0.4 is 0 Å². The van der Waals surface area contributed by atoms with Gasteiger partial charge in [0.2, 0.25) is 0 Å². The maximum Gasteiger partial charge on any atom is 0.0456 e.